The molecule has 3 rings (SSSR count). The lowest BCUT2D eigenvalue weighted by atomic mass is 10.2. The van der Waals surface area contributed by atoms with E-state index in [-0.39, 0.29) is 10.9 Å². The second-order valence-electron chi connectivity index (χ2n) is 5.41. The van der Waals surface area contributed by atoms with Crippen LogP contribution in [0.2, 0.25) is 0 Å². The molecule has 2 atom stereocenters. The molecule has 114 valence electrons. The Kier molecular flexibility index (Phi) is 4.41. The highest BCUT2D eigenvalue weighted by molar-refractivity contribution is 7.99. The number of alkyl halides is 1. The van der Waals surface area contributed by atoms with Crippen LogP contribution >= 0.6 is 23.4 Å². The average molecular weight is 331 g/mol. The molecule has 1 aliphatic heterocycles. The standard InChI is InChI=1S/C15H17ClF2N2S/c1-9(16)15-19-12-6-5-11(17)13(18)14(12)20(15)8-10-4-2-3-7-21-10/h5-6,9-10H,2-4,7-8H2,1H3. The number of hydrogen-bond donors (Lipinski definition) is 0. The SMILES string of the molecule is CC(Cl)c1nc2ccc(F)c(F)c2n1CC1CCCCS1. The van der Waals surface area contributed by atoms with Crippen molar-refractivity contribution >= 4 is 34.4 Å². The minimum Gasteiger partial charge on any atom is -0.323 e. The summed E-state index contributed by atoms with van der Waals surface area (Å²) in [5, 5.41) is 0.0708. The normalized spacial score (nSPS) is 20.9. The van der Waals surface area contributed by atoms with Crippen LogP contribution in [-0.4, -0.2) is 20.6 Å². The number of fused-ring (bicyclic) bond motifs is 1. The van der Waals surface area contributed by atoms with Gasteiger partial charge in [0.1, 0.15) is 11.3 Å². The van der Waals surface area contributed by atoms with Crippen LogP contribution in [0.3, 0.4) is 0 Å². The van der Waals surface area contributed by atoms with Crippen molar-refractivity contribution in [3.63, 3.8) is 0 Å². The molecule has 2 aromatic rings. The van der Waals surface area contributed by atoms with Crippen molar-refractivity contribution in [3.8, 4) is 0 Å². The molecule has 1 aromatic carbocycles. The van der Waals surface area contributed by atoms with Crippen molar-refractivity contribution in [1.82, 2.24) is 9.55 Å². The molecule has 2 nitrogen and oxygen atoms in total. The van der Waals surface area contributed by atoms with Gasteiger partial charge in [0.25, 0.3) is 0 Å². The summed E-state index contributed by atoms with van der Waals surface area (Å²) in [5.41, 5.74) is 0.709. The van der Waals surface area contributed by atoms with Gasteiger partial charge in [-0.1, -0.05) is 6.42 Å². The smallest absolute Gasteiger partial charge is 0.184 e. The Hall–Kier alpha value is -0.810. The first-order valence-electron chi connectivity index (χ1n) is 7.17. The molecule has 0 bridgehead atoms. The first-order chi connectivity index (χ1) is 10.1. The van der Waals surface area contributed by atoms with Crippen molar-refractivity contribution in [2.24, 2.45) is 0 Å². The third-order valence-corrected chi connectivity index (χ3v) is 5.42. The van der Waals surface area contributed by atoms with E-state index in [2.05, 4.69) is 4.98 Å². The summed E-state index contributed by atoms with van der Waals surface area (Å²) >= 11 is 8.08. The Balaban J connectivity index is 2.08. The second-order valence-corrected chi connectivity index (χ2v) is 7.48. The summed E-state index contributed by atoms with van der Waals surface area (Å²) in [6, 6.07) is 2.63. The molecule has 2 unspecified atom stereocenters. The average Bonchev–Trinajstić information content (AvgIpc) is 2.84. The van der Waals surface area contributed by atoms with Gasteiger partial charge in [-0.05, 0) is 37.7 Å². The lowest BCUT2D eigenvalue weighted by Gasteiger charge is -2.23. The van der Waals surface area contributed by atoms with Crippen LogP contribution in [0.4, 0.5) is 8.78 Å². The van der Waals surface area contributed by atoms with Crippen molar-refractivity contribution in [3.05, 3.63) is 29.6 Å². The molecule has 21 heavy (non-hydrogen) atoms. The zero-order valence-corrected chi connectivity index (χ0v) is 13.4. The molecule has 2 heterocycles. The molecule has 0 N–H and O–H groups in total. The molecule has 0 saturated carbocycles. The largest absolute Gasteiger partial charge is 0.323 e. The molecule has 6 heteroatoms. The summed E-state index contributed by atoms with van der Waals surface area (Å²) in [5.74, 6) is 0.0698. The van der Waals surface area contributed by atoms with Crippen molar-refractivity contribution in [2.45, 2.75) is 43.4 Å². The summed E-state index contributed by atoms with van der Waals surface area (Å²) in [4.78, 5) is 4.39. The first kappa shape index (κ1) is 15.1. The number of benzene rings is 1. The molecule has 0 spiro atoms. The fourth-order valence-corrected chi connectivity index (χ4v) is 4.28. The lowest BCUT2D eigenvalue weighted by Crippen LogP contribution is -2.19. The molecular formula is C15H17ClF2N2S. The molecule has 0 aliphatic carbocycles. The molecule has 0 radical (unpaired) electrons. The van der Waals surface area contributed by atoms with Crippen molar-refractivity contribution in [1.29, 1.82) is 0 Å². The topological polar surface area (TPSA) is 17.8 Å². The maximum atomic E-state index is 14.2. The minimum atomic E-state index is -0.839. The van der Waals surface area contributed by atoms with E-state index in [9.17, 15) is 8.78 Å². The Bertz CT molecular complexity index is 651. The lowest BCUT2D eigenvalue weighted by molar-refractivity contribution is 0.506. The van der Waals surface area contributed by atoms with E-state index >= 15 is 0 Å². The maximum absolute atomic E-state index is 14.2. The van der Waals surface area contributed by atoms with E-state index in [0.717, 1.165) is 18.2 Å². The van der Waals surface area contributed by atoms with Gasteiger partial charge in [-0.3, -0.25) is 0 Å². The van der Waals surface area contributed by atoms with Gasteiger partial charge >= 0.3 is 0 Å². The molecule has 0 amide bonds. The van der Waals surface area contributed by atoms with Gasteiger partial charge in [0.2, 0.25) is 0 Å². The fourth-order valence-electron chi connectivity index (χ4n) is 2.82. The number of aromatic nitrogens is 2. The second kappa shape index (κ2) is 6.13. The highest BCUT2D eigenvalue weighted by Crippen LogP contribution is 2.32. The predicted octanol–water partition coefficient (Wildman–Crippen LogP) is 4.90. The quantitative estimate of drug-likeness (QED) is 0.745. The monoisotopic (exact) mass is 330 g/mol. The highest BCUT2D eigenvalue weighted by atomic mass is 35.5. The number of hydrogen-bond acceptors (Lipinski definition) is 2. The van der Waals surface area contributed by atoms with E-state index in [0.29, 0.717) is 23.1 Å². The van der Waals surface area contributed by atoms with Crippen LogP contribution in [0.25, 0.3) is 11.0 Å². The maximum Gasteiger partial charge on any atom is 0.184 e. The van der Waals surface area contributed by atoms with Crippen LogP contribution in [0.1, 0.15) is 37.4 Å². The Morgan fingerprint density at radius 3 is 2.90 bits per heavy atom. The Morgan fingerprint density at radius 2 is 2.24 bits per heavy atom. The molecular weight excluding hydrogens is 314 g/mol. The Morgan fingerprint density at radius 1 is 1.43 bits per heavy atom. The third kappa shape index (κ3) is 2.90. The summed E-state index contributed by atoms with van der Waals surface area (Å²) < 4.78 is 29.5. The van der Waals surface area contributed by atoms with Gasteiger partial charge in [0, 0.05) is 11.8 Å². The van der Waals surface area contributed by atoms with Crippen LogP contribution in [0.5, 0.6) is 0 Å². The van der Waals surface area contributed by atoms with E-state index in [1.807, 2.05) is 18.7 Å². The minimum absolute atomic E-state index is 0.240. The van der Waals surface area contributed by atoms with E-state index in [4.69, 9.17) is 11.6 Å². The van der Waals surface area contributed by atoms with Gasteiger partial charge in [0.15, 0.2) is 11.6 Å². The van der Waals surface area contributed by atoms with E-state index < -0.39 is 11.6 Å². The van der Waals surface area contributed by atoms with Gasteiger partial charge in [0.05, 0.1) is 10.9 Å². The molecule has 1 aliphatic rings. The predicted molar refractivity (Wildman–Crippen MR) is 84.0 cm³/mol. The molecule has 1 saturated heterocycles. The van der Waals surface area contributed by atoms with Gasteiger partial charge < -0.3 is 4.57 Å². The highest BCUT2D eigenvalue weighted by Gasteiger charge is 2.23. The zero-order chi connectivity index (χ0) is 15.0. The third-order valence-electron chi connectivity index (χ3n) is 3.85. The fraction of sp³-hybridized carbons (Fsp3) is 0.533. The summed E-state index contributed by atoms with van der Waals surface area (Å²) in [7, 11) is 0. The number of thioether (sulfide) groups is 1. The van der Waals surface area contributed by atoms with E-state index in [1.165, 1.54) is 18.9 Å². The van der Waals surface area contributed by atoms with Gasteiger partial charge in [-0.15, -0.1) is 11.6 Å². The van der Waals surface area contributed by atoms with Gasteiger partial charge in [-0.2, -0.15) is 11.8 Å². The number of nitrogens with zero attached hydrogens (tertiary/aromatic N) is 2. The van der Waals surface area contributed by atoms with Crippen LogP contribution in [0, 0.1) is 11.6 Å². The van der Waals surface area contributed by atoms with E-state index in [1.54, 1.807) is 4.57 Å². The van der Waals surface area contributed by atoms with Crippen molar-refractivity contribution < 1.29 is 8.78 Å². The number of imidazole rings is 1. The zero-order valence-electron chi connectivity index (χ0n) is 11.8. The first-order valence-corrected chi connectivity index (χ1v) is 8.66. The summed E-state index contributed by atoms with van der Waals surface area (Å²) in [6.45, 7) is 2.44. The Labute approximate surface area is 131 Å². The van der Waals surface area contributed by atoms with Crippen LogP contribution in [-0.2, 0) is 6.54 Å². The van der Waals surface area contributed by atoms with Crippen LogP contribution < -0.4 is 0 Å². The number of rotatable bonds is 3. The number of halogens is 3. The van der Waals surface area contributed by atoms with Crippen LogP contribution in [0.15, 0.2) is 12.1 Å². The van der Waals surface area contributed by atoms with Gasteiger partial charge in [-0.25, -0.2) is 13.8 Å². The summed E-state index contributed by atoms with van der Waals surface area (Å²) in [6.07, 6.45) is 3.51. The molecule has 1 aromatic heterocycles. The molecule has 1 fully saturated rings. The van der Waals surface area contributed by atoms with Crippen molar-refractivity contribution in [2.75, 3.05) is 5.75 Å².